The summed E-state index contributed by atoms with van der Waals surface area (Å²) in [5.74, 6) is 0. The Kier molecular flexibility index (Phi) is 7.89. The number of nitrogens with zero attached hydrogens (tertiary/aromatic N) is 2. The third kappa shape index (κ3) is 5.20. The van der Waals surface area contributed by atoms with E-state index in [2.05, 4.69) is 28.0 Å². The van der Waals surface area contributed by atoms with Crippen LogP contribution in [0.2, 0.25) is 5.02 Å². The summed E-state index contributed by atoms with van der Waals surface area (Å²) in [6.45, 7) is 3.35. The van der Waals surface area contributed by atoms with E-state index in [4.69, 9.17) is 16.3 Å². The first kappa shape index (κ1) is 21.0. The Bertz CT molecular complexity index is 601. The highest BCUT2D eigenvalue weighted by atomic mass is 35.5. The predicted molar refractivity (Wildman–Crippen MR) is 114 cm³/mol. The average molecular weight is 411 g/mol. The molecule has 0 radical (unpaired) electrons. The molecule has 1 saturated heterocycles. The molecule has 0 amide bonds. The van der Waals surface area contributed by atoms with Gasteiger partial charge in [-0.05, 0) is 55.9 Å². The van der Waals surface area contributed by atoms with Crippen LogP contribution in [0.1, 0.15) is 56.9 Å². The highest BCUT2D eigenvalue weighted by Gasteiger charge is 2.40. The molecule has 3 nitrogen and oxygen atoms in total. The van der Waals surface area contributed by atoms with E-state index in [9.17, 15) is 0 Å². The van der Waals surface area contributed by atoms with Crippen molar-refractivity contribution in [3.8, 4) is 0 Å². The summed E-state index contributed by atoms with van der Waals surface area (Å²) in [5, 5.41) is 0.813. The van der Waals surface area contributed by atoms with Crippen LogP contribution >= 0.6 is 24.0 Å². The standard InChI is InChI=1S/C22H31ClN2O.ClH/c23-19-12-10-18(11-13-19)17-24-14-6-15-25(20-7-2-1-3-8-20)22(24)21-9-4-5-16-26-21;/h5,10-13,16,20-22H,1-4,6-9,14-15,17H2;1H. The molecule has 0 spiro atoms. The summed E-state index contributed by atoms with van der Waals surface area (Å²) in [4.78, 5) is 5.45. The van der Waals surface area contributed by atoms with Crippen LogP contribution in [-0.4, -0.2) is 41.2 Å². The number of rotatable bonds is 4. The zero-order chi connectivity index (χ0) is 17.8. The lowest BCUT2D eigenvalue weighted by Gasteiger charge is -2.51. The normalized spacial score (nSPS) is 27.7. The van der Waals surface area contributed by atoms with Gasteiger partial charge in [0.25, 0.3) is 0 Å². The molecule has 4 rings (SSSR count). The minimum absolute atomic E-state index is 0. The molecule has 2 aliphatic heterocycles. The van der Waals surface area contributed by atoms with E-state index in [0.29, 0.717) is 6.17 Å². The number of halogens is 2. The lowest BCUT2D eigenvalue weighted by Crippen LogP contribution is -2.62. The Hall–Kier alpha value is -0.740. The lowest BCUT2D eigenvalue weighted by atomic mass is 9.91. The van der Waals surface area contributed by atoms with Crippen molar-refractivity contribution < 1.29 is 4.74 Å². The van der Waals surface area contributed by atoms with Crippen LogP contribution in [0.5, 0.6) is 0 Å². The molecule has 27 heavy (non-hydrogen) atoms. The number of benzene rings is 1. The average Bonchev–Trinajstić information content (AvgIpc) is 2.71. The van der Waals surface area contributed by atoms with E-state index in [1.54, 1.807) is 0 Å². The molecule has 1 saturated carbocycles. The molecule has 0 aromatic heterocycles. The molecule has 3 aliphatic rings. The highest BCUT2D eigenvalue weighted by Crippen LogP contribution is 2.32. The smallest absolute Gasteiger partial charge is 0.127 e. The first-order valence-corrected chi connectivity index (χ1v) is 10.7. The van der Waals surface area contributed by atoms with Crippen LogP contribution in [0.4, 0.5) is 0 Å². The molecule has 2 unspecified atom stereocenters. The maximum Gasteiger partial charge on any atom is 0.127 e. The van der Waals surface area contributed by atoms with E-state index in [0.717, 1.165) is 37.0 Å². The molecule has 150 valence electrons. The first-order valence-electron chi connectivity index (χ1n) is 10.4. The Labute approximate surface area is 175 Å². The van der Waals surface area contributed by atoms with Crippen molar-refractivity contribution in [2.45, 2.75) is 76.2 Å². The monoisotopic (exact) mass is 410 g/mol. The fraction of sp³-hybridized carbons (Fsp3) is 0.636. The van der Waals surface area contributed by atoms with Gasteiger partial charge in [0.15, 0.2) is 0 Å². The van der Waals surface area contributed by atoms with Crippen LogP contribution < -0.4 is 0 Å². The van der Waals surface area contributed by atoms with Crippen LogP contribution in [0.3, 0.4) is 0 Å². The summed E-state index contributed by atoms with van der Waals surface area (Å²) in [5.41, 5.74) is 1.34. The van der Waals surface area contributed by atoms with Crippen molar-refractivity contribution in [3.05, 3.63) is 47.2 Å². The fourth-order valence-corrected chi connectivity index (χ4v) is 5.09. The van der Waals surface area contributed by atoms with Crippen LogP contribution in [0.15, 0.2) is 36.6 Å². The van der Waals surface area contributed by atoms with Gasteiger partial charge in [-0.15, -0.1) is 12.4 Å². The summed E-state index contributed by atoms with van der Waals surface area (Å²) in [6, 6.07) is 9.08. The molecule has 1 aliphatic carbocycles. The molecule has 0 N–H and O–H groups in total. The van der Waals surface area contributed by atoms with Crippen molar-refractivity contribution in [3.63, 3.8) is 0 Å². The van der Waals surface area contributed by atoms with Crippen molar-refractivity contribution in [2.24, 2.45) is 0 Å². The van der Waals surface area contributed by atoms with E-state index in [1.807, 2.05) is 18.4 Å². The molecular formula is C22H32Cl2N2O. The molecule has 0 bridgehead atoms. The summed E-state index contributed by atoms with van der Waals surface area (Å²) in [6.07, 6.45) is 15.2. The Balaban J connectivity index is 0.00000210. The lowest BCUT2D eigenvalue weighted by molar-refractivity contribution is -0.106. The molecule has 2 atom stereocenters. The summed E-state index contributed by atoms with van der Waals surface area (Å²) >= 11 is 6.08. The van der Waals surface area contributed by atoms with Gasteiger partial charge in [0.1, 0.15) is 12.3 Å². The Morgan fingerprint density at radius 3 is 2.44 bits per heavy atom. The van der Waals surface area contributed by atoms with E-state index >= 15 is 0 Å². The fourth-order valence-electron chi connectivity index (χ4n) is 4.96. The molecule has 2 fully saturated rings. The van der Waals surface area contributed by atoms with Crippen molar-refractivity contribution in [1.82, 2.24) is 9.80 Å². The Morgan fingerprint density at radius 1 is 0.963 bits per heavy atom. The second-order valence-electron chi connectivity index (χ2n) is 8.02. The number of hydrogen-bond acceptors (Lipinski definition) is 3. The minimum atomic E-state index is 0. The van der Waals surface area contributed by atoms with E-state index in [1.165, 1.54) is 50.6 Å². The van der Waals surface area contributed by atoms with Gasteiger partial charge in [0.2, 0.25) is 0 Å². The van der Waals surface area contributed by atoms with Gasteiger partial charge in [-0.1, -0.05) is 43.0 Å². The van der Waals surface area contributed by atoms with E-state index < -0.39 is 0 Å². The second-order valence-corrected chi connectivity index (χ2v) is 8.45. The van der Waals surface area contributed by atoms with Gasteiger partial charge < -0.3 is 4.74 Å². The van der Waals surface area contributed by atoms with Crippen LogP contribution in [-0.2, 0) is 11.3 Å². The van der Waals surface area contributed by atoms with Gasteiger partial charge in [0, 0.05) is 30.7 Å². The van der Waals surface area contributed by atoms with Gasteiger partial charge in [-0.25, -0.2) is 0 Å². The number of allylic oxidation sites excluding steroid dienone is 1. The van der Waals surface area contributed by atoms with Gasteiger partial charge >= 0.3 is 0 Å². The van der Waals surface area contributed by atoms with Crippen LogP contribution in [0.25, 0.3) is 0 Å². The van der Waals surface area contributed by atoms with Crippen molar-refractivity contribution in [1.29, 1.82) is 0 Å². The highest BCUT2D eigenvalue weighted by molar-refractivity contribution is 6.30. The predicted octanol–water partition coefficient (Wildman–Crippen LogP) is 5.62. The summed E-state index contributed by atoms with van der Waals surface area (Å²) < 4.78 is 6.14. The SMILES string of the molecule is Cl.Clc1ccc(CN2CCCN(C3CCCCC3)C2C2CCC=CO2)cc1. The van der Waals surface area contributed by atoms with E-state index in [-0.39, 0.29) is 18.5 Å². The Morgan fingerprint density at radius 2 is 1.74 bits per heavy atom. The van der Waals surface area contributed by atoms with Crippen LogP contribution in [0, 0.1) is 0 Å². The zero-order valence-electron chi connectivity index (χ0n) is 16.1. The number of hydrogen-bond donors (Lipinski definition) is 0. The van der Waals surface area contributed by atoms with Crippen molar-refractivity contribution in [2.75, 3.05) is 13.1 Å². The molecule has 5 heteroatoms. The molecular weight excluding hydrogens is 379 g/mol. The summed E-state index contributed by atoms with van der Waals surface area (Å²) in [7, 11) is 0. The van der Waals surface area contributed by atoms with Gasteiger partial charge in [-0.3, -0.25) is 9.80 Å². The largest absolute Gasteiger partial charge is 0.495 e. The topological polar surface area (TPSA) is 15.7 Å². The van der Waals surface area contributed by atoms with Crippen molar-refractivity contribution >= 4 is 24.0 Å². The quantitative estimate of drug-likeness (QED) is 0.640. The number of ether oxygens (including phenoxy) is 1. The zero-order valence-corrected chi connectivity index (χ0v) is 17.6. The minimum Gasteiger partial charge on any atom is -0.495 e. The maximum absolute atomic E-state index is 6.14. The first-order chi connectivity index (χ1) is 12.8. The maximum atomic E-state index is 6.14. The molecule has 2 heterocycles. The third-order valence-electron chi connectivity index (χ3n) is 6.22. The van der Waals surface area contributed by atoms with Gasteiger partial charge in [0.05, 0.1) is 6.26 Å². The molecule has 1 aromatic rings. The third-order valence-corrected chi connectivity index (χ3v) is 6.47. The molecule has 1 aromatic carbocycles. The second kappa shape index (κ2) is 10.2. The van der Waals surface area contributed by atoms with Gasteiger partial charge in [-0.2, -0.15) is 0 Å².